The van der Waals surface area contributed by atoms with Crippen molar-refractivity contribution in [3.05, 3.63) is 0 Å². The fourth-order valence-corrected chi connectivity index (χ4v) is 3.33. The molecule has 1 saturated heterocycles. The fraction of sp³-hybridized carbons (Fsp3) is 0.727. The van der Waals surface area contributed by atoms with Gasteiger partial charge in [-0.15, -0.1) is 6.42 Å². The summed E-state index contributed by atoms with van der Waals surface area (Å²) in [6.45, 7) is 3.81. The molecule has 0 aromatic heterocycles. The Balaban J connectivity index is 3.06. The lowest BCUT2D eigenvalue weighted by atomic mass is 10.0. The Hall–Kier alpha value is -1.06. The Kier molecular flexibility index (Phi) is 3.84. The van der Waals surface area contributed by atoms with Gasteiger partial charge in [-0.2, -0.15) is 0 Å². The highest BCUT2D eigenvalue weighted by molar-refractivity contribution is 7.91. The number of carbonyl (C=O) groups is 1. The molecule has 0 aromatic carbocycles. The molecule has 0 N–H and O–H groups in total. The minimum atomic E-state index is -3.20. The highest BCUT2D eigenvalue weighted by Gasteiger charge is 2.42. The van der Waals surface area contributed by atoms with Crippen molar-refractivity contribution in [1.82, 2.24) is 4.90 Å². The first-order valence-electron chi connectivity index (χ1n) is 5.26. The summed E-state index contributed by atoms with van der Waals surface area (Å²) in [6.07, 6.45) is 5.42. The van der Waals surface area contributed by atoms with Crippen LogP contribution in [0.25, 0.3) is 0 Å². The quantitative estimate of drug-likeness (QED) is 0.502. The highest BCUT2D eigenvalue weighted by Crippen LogP contribution is 2.22. The van der Waals surface area contributed by atoms with Crippen molar-refractivity contribution in [1.29, 1.82) is 0 Å². The summed E-state index contributed by atoms with van der Waals surface area (Å²) in [5, 5.41) is 0. The van der Waals surface area contributed by atoms with Crippen molar-refractivity contribution in [3.63, 3.8) is 0 Å². The Bertz CT molecular complexity index is 447. The average molecular weight is 259 g/mol. The molecular weight excluding hydrogens is 242 g/mol. The van der Waals surface area contributed by atoms with Crippen molar-refractivity contribution < 1.29 is 17.9 Å². The van der Waals surface area contributed by atoms with Crippen LogP contribution in [0, 0.1) is 12.3 Å². The molecule has 1 unspecified atom stereocenters. The zero-order valence-electron chi connectivity index (χ0n) is 10.3. The predicted octanol–water partition coefficient (Wildman–Crippen LogP) is -0.330. The fourth-order valence-electron chi connectivity index (χ4n) is 1.89. The molecule has 1 rings (SSSR count). The predicted molar refractivity (Wildman–Crippen MR) is 64.1 cm³/mol. The minimum Gasteiger partial charge on any atom is -0.468 e. The third-order valence-electron chi connectivity index (χ3n) is 2.98. The third kappa shape index (κ3) is 2.99. The van der Waals surface area contributed by atoms with Gasteiger partial charge in [-0.1, -0.05) is 5.92 Å². The third-order valence-corrected chi connectivity index (χ3v) is 4.60. The molecule has 17 heavy (non-hydrogen) atoms. The van der Waals surface area contributed by atoms with Gasteiger partial charge in [0.25, 0.3) is 0 Å². The Labute approximate surface area is 102 Å². The number of carbonyl (C=O) groups excluding carboxylic acids is 1. The number of methoxy groups -OCH3 is 1. The number of nitrogens with zero attached hydrogens (tertiary/aromatic N) is 1. The number of esters is 1. The van der Waals surface area contributed by atoms with Crippen LogP contribution >= 0.6 is 0 Å². The lowest BCUT2D eigenvalue weighted by molar-refractivity contribution is -0.147. The van der Waals surface area contributed by atoms with Crippen LogP contribution in [-0.4, -0.2) is 56.0 Å². The van der Waals surface area contributed by atoms with Crippen molar-refractivity contribution in [2.45, 2.75) is 25.4 Å². The molecule has 1 aliphatic rings. The van der Waals surface area contributed by atoms with Gasteiger partial charge in [0.05, 0.1) is 24.2 Å². The van der Waals surface area contributed by atoms with E-state index in [2.05, 4.69) is 10.7 Å². The second-order valence-corrected chi connectivity index (χ2v) is 6.78. The number of hydrogen-bond acceptors (Lipinski definition) is 5. The summed E-state index contributed by atoms with van der Waals surface area (Å²) in [4.78, 5) is 13.3. The van der Waals surface area contributed by atoms with Crippen molar-refractivity contribution >= 4 is 15.8 Å². The Morgan fingerprint density at radius 3 is 2.59 bits per heavy atom. The molecule has 0 radical (unpaired) electrons. The summed E-state index contributed by atoms with van der Waals surface area (Å²) < 4.78 is 27.8. The summed E-state index contributed by atoms with van der Waals surface area (Å²) in [7, 11) is -1.96. The maximum Gasteiger partial charge on any atom is 0.324 e. The zero-order valence-corrected chi connectivity index (χ0v) is 11.1. The molecule has 0 amide bonds. The number of terminal acetylenes is 1. The SMILES string of the molecule is C#CC(C)(C)N1CCS(=O)(=O)CC1C(=O)OC. The summed E-state index contributed by atoms with van der Waals surface area (Å²) >= 11 is 0. The van der Waals surface area contributed by atoms with Gasteiger partial charge in [-0.25, -0.2) is 8.42 Å². The van der Waals surface area contributed by atoms with E-state index in [0.717, 1.165) is 0 Å². The van der Waals surface area contributed by atoms with E-state index in [1.165, 1.54) is 7.11 Å². The maximum absolute atomic E-state index is 11.6. The second kappa shape index (κ2) is 4.67. The van der Waals surface area contributed by atoms with Crippen LogP contribution in [0.2, 0.25) is 0 Å². The molecule has 0 aromatic rings. The molecule has 0 saturated carbocycles. The second-order valence-electron chi connectivity index (χ2n) is 4.55. The normalized spacial score (nSPS) is 24.9. The van der Waals surface area contributed by atoms with Gasteiger partial charge in [0.2, 0.25) is 0 Å². The number of hydrogen-bond donors (Lipinski definition) is 0. The summed E-state index contributed by atoms with van der Waals surface area (Å²) in [5.41, 5.74) is -0.672. The van der Waals surface area contributed by atoms with E-state index in [-0.39, 0.29) is 18.1 Å². The lowest BCUT2D eigenvalue weighted by Gasteiger charge is -2.41. The molecule has 6 heteroatoms. The van der Waals surface area contributed by atoms with Gasteiger partial charge >= 0.3 is 5.97 Å². The number of sulfone groups is 1. The van der Waals surface area contributed by atoms with E-state index >= 15 is 0 Å². The molecule has 1 fully saturated rings. The topological polar surface area (TPSA) is 63.7 Å². The Morgan fingerprint density at radius 2 is 2.12 bits per heavy atom. The minimum absolute atomic E-state index is 0.0194. The van der Waals surface area contributed by atoms with Crippen LogP contribution in [0.1, 0.15) is 13.8 Å². The van der Waals surface area contributed by atoms with Gasteiger partial charge in [0.15, 0.2) is 9.84 Å². The molecule has 0 spiro atoms. The van der Waals surface area contributed by atoms with Crippen LogP contribution in [0.4, 0.5) is 0 Å². The van der Waals surface area contributed by atoms with E-state index in [9.17, 15) is 13.2 Å². The van der Waals surface area contributed by atoms with E-state index < -0.39 is 27.4 Å². The molecule has 1 atom stereocenters. The Morgan fingerprint density at radius 1 is 1.53 bits per heavy atom. The number of rotatable bonds is 2. The van der Waals surface area contributed by atoms with Gasteiger partial charge in [-0.05, 0) is 13.8 Å². The summed E-state index contributed by atoms with van der Waals surface area (Å²) in [6, 6.07) is -0.815. The molecular formula is C11H17NO4S. The maximum atomic E-state index is 11.6. The van der Waals surface area contributed by atoms with Crippen LogP contribution < -0.4 is 0 Å². The summed E-state index contributed by atoms with van der Waals surface area (Å²) in [5.74, 6) is 1.80. The first kappa shape index (κ1) is 14.0. The first-order valence-corrected chi connectivity index (χ1v) is 7.08. The molecule has 5 nitrogen and oxygen atoms in total. The zero-order chi connectivity index (χ0) is 13.3. The highest BCUT2D eigenvalue weighted by atomic mass is 32.2. The van der Waals surface area contributed by atoms with Crippen LogP contribution in [0.15, 0.2) is 0 Å². The van der Waals surface area contributed by atoms with Crippen LogP contribution in [-0.2, 0) is 19.4 Å². The lowest BCUT2D eigenvalue weighted by Crippen LogP contribution is -2.60. The number of ether oxygens (including phenoxy) is 1. The van der Waals surface area contributed by atoms with Gasteiger partial charge < -0.3 is 4.74 Å². The van der Waals surface area contributed by atoms with E-state index in [1.807, 2.05) is 0 Å². The molecule has 1 aliphatic heterocycles. The van der Waals surface area contributed by atoms with E-state index in [1.54, 1.807) is 18.7 Å². The molecule has 1 heterocycles. The molecule has 0 bridgehead atoms. The van der Waals surface area contributed by atoms with Crippen LogP contribution in [0.3, 0.4) is 0 Å². The standard InChI is InChI=1S/C11H17NO4S/c1-5-11(2,3)12-6-7-17(14,15)8-9(12)10(13)16-4/h1,9H,6-8H2,2-4H3. The van der Waals surface area contributed by atoms with Gasteiger partial charge in [0.1, 0.15) is 6.04 Å². The van der Waals surface area contributed by atoms with Crippen LogP contribution in [0.5, 0.6) is 0 Å². The van der Waals surface area contributed by atoms with E-state index in [4.69, 9.17) is 6.42 Å². The van der Waals surface area contributed by atoms with Crippen molar-refractivity contribution in [3.8, 4) is 12.3 Å². The van der Waals surface area contributed by atoms with Crippen molar-refractivity contribution in [2.24, 2.45) is 0 Å². The average Bonchev–Trinajstić information content (AvgIpc) is 2.26. The first-order chi connectivity index (χ1) is 7.73. The monoisotopic (exact) mass is 259 g/mol. The van der Waals surface area contributed by atoms with Gasteiger partial charge in [0, 0.05) is 6.54 Å². The van der Waals surface area contributed by atoms with Gasteiger partial charge in [-0.3, -0.25) is 9.69 Å². The molecule has 96 valence electrons. The molecule has 0 aliphatic carbocycles. The van der Waals surface area contributed by atoms with E-state index in [0.29, 0.717) is 0 Å². The largest absolute Gasteiger partial charge is 0.468 e. The smallest absolute Gasteiger partial charge is 0.324 e. The van der Waals surface area contributed by atoms with Crippen molar-refractivity contribution in [2.75, 3.05) is 25.2 Å².